The Bertz CT molecular complexity index is 587. The molecule has 1 aromatic carbocycles. The van der Waals surface area contributed by atoms with E-state index < -0.39 is 11.7 Å². The number of alkyl halides is 3. The van der Waals surface area contributed by atoms with Crippen LogP contribution in [-0.4, -0.2) is 11.1 Å². The minimum Gasteiger partial charge on any atom is -0.350 e. The molecule has 1 aromatic heterocycles. The first-order valence-corrected chi connectivity index (χ1v) is 6.95. The number of hydrogen-bond acceptors (Lipinski definition) is 1. The van der Waals surface area contributed by atoms with Gasteiger partial charge in [0.15, 0.2) is 0 Å². The van der Waals surface area contributed by atoms with Gasteiger partial charge in [-0.25, -0.2) is 0 Å². The minimum atomic E-state index is -4.29. The summed E-state index contributed by atoms with van der Waals surface area (Å²) >= 11 is 0. The van der Waals surface area contributed by atoms with Gasteiger partial charge in [-0.2, -0.15) is 13.2 Å². The molecule has 0 saturated heterocycles. The minimum absolute atomic E-state index is 0.234. The van der Waals surface area contributed by atoms with Crippen LogP contribution in [0.5, 0.6) is 0 Å². The van der Waals surface area contributed by atoms with Crippen molar-refractivity contribution in [1.82, 2.24) is 9.88 Å². The Kier molecular flexibility index (Phi) is 4.73. The lowest BCUT2D eigenvalue weighted by molar-refractivity contribution is -0.137. The maximum atomic E-state index is 12.7. The Morgan fingerprint density at radius 1 is 1.24 bits per heavy atom. The Morgan fingerprint density at radius 3 is 2.67 bits per heavy atom. The van der Waals surface area contributed by atoms with E-state index in [1.165, 1.54) is 12.1 Å². The standard InChI is InChI=1S/C16H19F3N2/c1-3-20-12(2)14-7-8-21(11-14)10-13-5-4-6-15(9-13)16(17,18)19/h4-9,11-12,20H,3,10H2,1-2H3. The van der Waals surface area contributed by atoms with Gasteiger partial charge < -0.3 is 9.88 Å². The molecule has 0 fully saturated rings. The van der Waals surface area contributed by atoms with Crippen LogP contribution in [-0.2, 0) is 12.7 Å². The summed E-state index contributed by atoms with van der Waals surface area (Å²) in [5, 5.41) is 3.31. The maximum Gasteiger partial charge on any atom is 0.416 e. The zero-order valence-electron chi connectivity index (χ0n) is 12.1. The van der Waals surface area contributed by atoms with E-state index in [2.05, 4.69) is 12.2 Å². The Hall–Kier alpha value is -1.75. The molecule has 0 saturated carbocycles. The number of benzene rings is 1. The van der Waals surface area contributed by atoms with Crippen molar-refractivity contribution in [2.45, 2.75) is 32.6 Å². The monoisotopic (exact) mass is 296 g/mol. The molecule has 0 bridgehead atoms. The van der Waals surface area contributed by atoms with Gasteiger partial charge in [0.05, 0.1) is 5.56 Å². The van der Waals surface area contributed by atoms with Crippen LogP contribution in [0.2, 0.25) is 0 Å². The van der Waals surface area contributed by atoms with Crippen molar-refractivity contribution >= 4 is 0 Å². The highest BCUT2D eigenvalue weighted by Crippen LogP contribution is 2.29. The molecule has 0 aliphatic heterocycles. The van der Waals surface area contributed by atoms with Crippen LogP contribution < -0.4 is 5.32 Å². The molecular formula is C16H19F3N2. The first-order chi connectivity index (χ1) is 9.90. The molecule has 0 aliphatic carbocycles. The van der Waals surface area contributed by atoms with Gasteiger partial charge >= 0.3 is 6.18 Å². The molecule has 2 rings (SSSR count). The van der Waals surface area contributed by atoms with Gasteiger partial charge in [-0.1, -0.05) is 19.1 Å². The average Bonchev–Trinajstić information content (AvgIpc) is 2.87. The summed E-state index contributed by atoms with van der Waals surface area (Å²) in [6.07, 6.45) is -0.436. The van der Waals surface area contributed by atoms with E-state index in [-0.39, 0.29) is 6.04 Å². The Morgan fingerprint density at radius 2 is 2.00 bits per heavy atom. The Labute approximate surface area is 122 Å². The summed E-state index contributed by atoms with van der Waals surface area (Å²) < 4.78 is 40.0. The van der Waals surface area contributed by atoms with E-state index >= 15 is 0 Å². The SMILES string of the molecule is CCNC(C)c1ccn(Cc2cccc(C(F)(F)F)c2)c1. The van der Waals surface area contributed by atoms with Gasteiger partial charge in [-0.3, -0.25) is 0 Å². The summed E-state index contributed by atoms with van der Waals surface area (Å²) in [7, 11) is 0. The highest BCUT2D eigenvalue weighted by atomic mass is 19.4. The molecule has 1 heterocycles. The van der Waals surface area contributed by atoms with Gasteiger partial charge in [-0.05, 0) is 42.8 Å². The summed E-state index contributed by atoms with van der Waals surface area (Å²) in [4.78, 5) is 0. The highest BCUT2D eigenvalue weighted by Gasteiger charge is 2.30. The van der Waals surface area contributed by atoms with Crippen LogP contribution in [0.15, 0.2) is 42.7 Å². The molecule has 0 aliphatic rings. The molecule has 1 N–H and O–H groups in total. The Balaban J connectivity index is 2.12. The zero-order valence-corrected chi connectivity index (χ0v) is 12.1. The molecule has 21 heavy (non-hydrogen) atoms. The van der Waals surface area contributed by atoms with E-state index in [1.54, 1.807) is 6.07 Å². The predicted octanol–water partition coefficient (Wildman–Crippen LogP) is 4.23. The number of nitrogens with one attached hydrogen (secondary N) is 1. The van der Waals surface area contributed by atoms with Gasteiger partial charge in [-0.15, -0.1) is 0 Å². The van der Waals surface area contributed by atoms with Crippen molar-refractivity contribution in [3.8, 4) is 0 Å². The topological polar surface area (TPSA) is 17.0 Å². The smallest absolute Gasteiger partial charge is 0.350 e. The van der Waals surface area contributed by atoms with Crippen LogP contribution in [0.3, 0.4) is 0 Å². The number of halogens is 3. The predicted molar refractivity (Wildman–Crippen MR) is 77.1 cm³/mol. The lowest BCUT2D eigenvalue weighted by atomic mass is 10.1. The van der Waals surface area contributed by atoms with Crippen molar-refractivity contribution in [1.29, 1.82) is 0 Å². The second-order valence-corrected chi connectivity index (χ2v) is 5.09. The number of rotatable bonds is 5. The van der Waals surface area contributed by atoms with Crippen molar-refractivity contribution in [3.63, 3.8) is 0 Å². The fourth-order valence-electron chi connectivity index (χ4n) is 2.29. The summed E-state index contributed by atoms with van der Waals surface area (Å²) in [6.45, 7) is 5.41. The lowest BCUT2D eigenvalue weighted by Gasteiger charge is -2.11. The summed E-state index contributed by atoms with van der Waals surface area (Å²) in [6, 6.07) is 7.68. The maximum absolute atomic E-state index is 12.7. The van der Waals surface area contributed by atoms with Crippen LogP contribution in [0, 0.1) is 0 Å². The van der Waals surface area contributed by atoms with Gasteiger partial charge in [0, 0.05) is 25.0 Å². The lowest BCUT2D eigenvalue weighted by Crippen LogP contribution is -2.17. The molecular weight excluding hydrogens is 277 g/mol. The molecule has 2 aromatic rings. The summed E-state index contributed by atoms with van der Waals surface area (Å²) in [5.41, 5.74) is 1.17. The highest BCUT2D eigenvalue weighted by molar-refractivity contribution is 5.26. The third-order valence-electron chi connectivity index (χ3n) is 3.40. The van der Waals surface area contributed by atoms with Crippen LogP contribution in [0.25, 0.3) is 0 Å². The molecule has 0 radical (unpaired) electrons. The van der Waals surface area contributed by atoms with Crippen molar-refractivity contribution in [3.05, 3.63) is 59.4 Å². The molecule has 5 heteroatoms. The second kappa shape index (κ2) is 6.35. The molecule has 0 spiro atoms. The number of nitrogens with zero attached hydrogens (tertiary/aromatic N) is 1. The fourth-order valence-corrected chi connectivity index (χ4v) is 2.29. The molecule has 2 nitrogen and oxygen atoms in total. The van der Waals surface area contributed by atoms with Crippen LogP contribution in [0.1, 0.15) is 36.6 Å². The number of hydrogen-bond donors (Lipinski definition) is 1. The van der Waals surface area contributed by atoms with E-state index in [0.717, 1.165) is 18.2 Å². The molecule has 114 valence electrons. The first kappa shape index (κ1) is 15.6. The quantitative estimate of drug-likeness (QED) is 0.874. The fraction of sp³-hybridized carbons (Fsp3) is 0.375. The molecule has 0 amide bonds. The van der Waals surface area contributed by atoms with Crippen molar-refractivity contribution < 1.29 is 13.2 Å². The van der Waals surface area contributed by atoms with Gasteiger partial charge in [0.25, 0.3) is 0 Å². The van der Waals surface area contributed by atoms with E-state index in [0.29, 0.717) is 12.1 Å². The number of aromatic nitrogens is 1. The second-order valence-electron chi connectivity index (χ2n) is 5.09. The van der Waals surface area contributed by atoms with Crippen LogP contribution >= 0.6 is 0 Å². The molecule has 1 unspecified atom stereocenters. The first-order valence-electron chi connectivity index (χ1n) is 6.95. The van der Waals surface area contributed by atoms with E-state index in [9.17, 15) is 13.2 Å². The largest absolute Gasteiger partial charge is 0.416 e. The van der Waals surface area contributed by atoms with Crippen molar-refractivity contribution in [2.24, 2.45) is 0 Å². The third kappa shape index (κ3) is 4.11. The summed E-state index contributed by atoms with van der Waals surface area (Å²) in [5.74, 6) is 0. The molecule has 1 atom stereocenters. The third-order valence-corrected chi connectivity index (χ3v) is 3.40. The van der Waals surface area contributed by atoms with E-state index in [1.807, 2.05) is 30.0 Å². The van der Waals surface area contributed by atoms with Crippen LogP contribution in [0.4, 0.5) is 13.2 Å². The average molecular weight is 296 g/mol. The zero-order chi connectivity index (χ0) is 15.5. The van der Waals surface area contributed by atoms with Crippen molar-refractivity contribution in [2.75, 3.05) is 6.54 Å². The van der Waals surface area contributed by atoms with E-state index in [4.69, 9.17) is 0 Å². The van der Waals surface area contributed by atoms with Gasteiger partial charge in [0.2, 0.25) is 0 Å². The normalized spacial score (nSPS) is 13.4. The van der Waals surface area contributed by atoms with Gasteiger partial charge in [0.1, 0.15) is 0 Å².